The van der Waals surface area contributed by atoms with Gasteiger partial charge in [0.15, 0.2) is 0 Å². The second kappa shape index (κ2) is 5.34. The highest BCUT2D eigenvalue weighted by molar-refractivity contribution is 5.74. The van der Waals surface area contributed by atoms with Crippen molar-refractivity contribution in [3.05, 3.63) is 23.8 Å². The van der Waals surface area contributed by atoms with E-state index in [1.54, 1.807) is 6.07 Å². The highest BCUT2D eigenvalue weighted by atomic mass is 15.2. The summed E-state index contributed by atoms with van der Waals surface area (Å²) in [5, 5.41) is 9.11. The molecule has 0 aromatic heterocycles. The number of nitrogen functional groups attached to an aromatic ring is 1. The van der Waals surface area contributed by atoms with Crippen LogP contribution in [0, 0.1) is 17.2 Å². The minimum absolute atomic E-state index is 0.588. The number of likely N-dealkylation sites (tertiary alicyclic amines) is 1. The number of fused-ring (bicyclic) bond motifs is 1. The Hall–Kier alpha value is -1.73. The Labute approximate surface area is 120 Å². The summed E-state index contributed by atoms with van der Waals surface area (Å²) in [6, 6.07) is 8.67. The Morgan fingerprint density at radius 2 is 2.15 bits per heavy atom. The number of benzene rings is 1. The topological polar surface area (TPSA) is 56.3 Å². The predicted octanol–water partition coefficient (Wildman–Crippen LogP) is 2.06. The first-order valence-electron chi connectivity index (χ1n) is 7.44. The van der Waals surface area contributed by atoms with Crippen molar-refractivity contribution in [2.45, 2.75) is 25.3 Å². The fraction of sp³-hybridized carbons (Fsp3) is 0.562. The number of anilines is 2. The molecular weight excluding hydrogens is 248 g/mol. The molecule has 0 spiro atoms. The van der Waals surface area contributed by atoms with Crippen LogP contribution in [0.15, 0.2) is 18.2 Å². The van der Waals surface area contributed by atoms with Gasteiger partial charge in [-0.05, 0) is 50.9 Å². The van der Waals surface area contributed by atoms with Gasteiger partial charge >= 0.3 is 0 Å². The zero-order valence-corrected chi connectivity index (χ0v) is 12.0. The molecule has 2 unspecified atom stereocenters. The lowest BCUT2D eigenvalue weighted by Crippen LogP contribution is -2.52. The second-order valence-corrected chi connectivity index (χ2v) is 6.04. The smallest absolute Gasteiger partial charge is 0.101 e. The number of nitrogens with zero attached hydrogens (tertiary/aromatic N) is 3. The first-order chi connectivity index (χ1) is 9.70. The van der Waals surface area contributed by atoms with Crippen LogP contribution in [0.3, 0.4) is 0 Å². The van der Waals surface area contributed by atoms with E-state index in [0.29, 0.717) is 11.3 Å². The van der Waals surface area contributed by atoms with Crippen molar-refractivity contribution >= 4 is 11.4 Å². The molecule has 2 fully saturated rings. The van der Waals surface area contributed by atoms with Gasteiger partial charge in [-0.2, -0.15) is 5.26 Å². The van der Waals surface area contributed by atoms with E-state index in [0.717, 1.165) is 30.7 Å². The van der Waals surface area contributed by atoms with Crippen molar-refractivity contribution in [1.29, 1.82) is 5.26 Å². The maximum absolute atomic E-state index is 9.11. The molecule has 0 bridgehead atoms. The predicted molar refractivity (Wildman–Crippen MR) is 81.5 cm³/mol. The van der Waals surface area contributed by atoms with Gasteiger partial charge in [0.05, 0.1) is 16.9 Å². The molecule has 2 N–H and O–H groups in total. The zero-order chi connectivity index (χ0) is 14.1. The summed E-state index contributed by atoms with van der Waals surface area (Å²) in [5.41, 5.74) is 8.41. The SMILES string of the molecule is CN1CCCC2CN(c3cccc(C#N)c3N)CCC21. The molecule has 20 heavy (non-hydrogen) atoms. The van der Waals surface area contributed by atoms with E-state index in [-0.39, 0.29) is 0 Å². The number of rotatable bonds is 1. The van der Waals surface area contributed by atoms with Crippen LogP contribution >= 0.6 is 0 Å². The lowest BCUT2D eigenvalue weighted by atomic mass is 9.84. The van der Waals surface area contributed by atoms with Crippen molar-refractivity contribution in [3.8, 4) is 6.07 Å². The molecule has 1 aromatic rings. The van der Waals surface area contributed by atoms with Gasteiger partial charge in [0.2, 0.25) is 0 Å². The van der Waals surface area contributed by atoms with Crippen LogP contribution in [0.5, 0.6) is 0 Å². The first kappa shape index (κ1) is 13.3. The number of hydrogen-bond acceptors (Lipinski definition) is 4. The minimum atomic E-state index is 0.588. The quantitative estimate of drug-likeness (QED) is 0.794. The van der Waals surface area contributed by atoms with E-state index < -0.39 is 0 Å². The minimum Gasteiger partial charge on any atom is -0.396 e. The summed E-state index contributed by atoms with van der Waals surface area (Å²) in [7, 11) is 2.25. The van der Waals surface area contributed by atoms with E-state index in [9.17, 15) is 0 Å². The monoisotopic (exact) mass is 270 g/mol. The molecule has 4 heteroatoms. The molecule has 2 atom stereocenters. The molecular formula is C16H22N4. The summed E-state index contributed by atoms with van der Waals surface area (Å²) in [4.78, 5) is 4.89. The lowest BCUT2D eigenvalue weighted by molar-refractivity contribution is 0.102. The standard InChI is InChI=1S/C16H22N4/c1-19-8-3-5-13-11-20(9-7-14(13)19)15-6-2-4-12(10-17)16(15)18/h2,4,6,13-14H,3,5,7-9,11,18H2,1H3. The maximum atomic E-state index is 9.11. The van der Waals surface area contributed by atoms with Crippen LogP contribution in [0.25, 0.3) is 0 Å². The number of hydrogen-bond donors (Lipinski definition) is 1. The van der Waals surface area contributed by atoms with E-state index in [2.05, 4.69) is 22.9 Å². The lowest BCUT2D eigenvalue weighted by Gasteiger charge is -2.46. The molecule has 2 heterocycles. The third-order valence-electron chi connectivity index (χ3n) is 4.89. The highest BCUT2D eigenvalue weighted by Gasteiger charge is 2.34. The van der Waals surface area contributed by atoms with E-state index in [1.165, 1.54) is 25.8 Å². The molecule has 3 rings (SSSR count). The molecule has 0 aliphatic carbocycles. The Balaban J connectivity index is 1.82. The average molecular weight is 270 g/mol. The third kappa shape index (κ3) is 2.23. The van der Waals surface area contributed by atoms with Crippen molar-refractivity contribution in [2.75, 3.05) is 37.3 Å². The van der Waals surface area contributed by atoms with Gasteiger partial charge in [-0.3, -0.25) is 0 Å². The average Bonchev–Trinajstić information content (AvgIpc) is 2.47. The van der Waals surface area contributed by atoms with Crippen LogP contribution in [-0.4, -0.2) is 37.6 Å². The summed E-state index contributed by atoms with van der Waals surface area (Å²) < 4.78 is 0. The van der Waals surface area contributed by atoms with Gasteiger partial charge in [-0.1, -0.05) is 6.07 Å². The number of para-hydroxylation sites is 1. The Kier molecular flexibility index (Phi) is 3.54. The summed E-state index contributed by atoms with van der Waals surface area (Å²) >= 11 is 0. The van der Waals surface area contributed by atoms with Gasteiger partial charge in [0.25, 0.3) is 0 Å². The molecule has 0 radical (unpaired) electrons. The Morgan fingerprint density at radius 1 is 1.30 bits per heavy atom. The molecule has 2 aliphatic heterocycles. The van der Waals surface area contributed by atoms with Crippen LogP contribution in [0.1, 0.15) is 24.8 Å². The third-order valence-corrected chi connectivity index (χ3v) is 4.89. The molecule has 2 aliphatic rings. The highest BCUT2D eigenvalue weighted by Crippen LogP contribution is 2.34. The van der Waals surface area contributed by atoms with Crippen molar-refractivity contribution in [3.63, 3.8) is 0 Å². The molecule has 0 saturated carbocycles. The van der Waals surface area contributed by atoms with Gasteiger partial charge in [-0.15, -0.1) is 0 Å². The normalized spacial score (nSPS) is 26.9. The van der Waals surface area contributed by atoms with Crippen LogP contribution < -0.4 is 10.6 Å². The Morgan fingerprint density at radius 3 is 2.95 bits per heavy atom. The second-order valence-electron chi connectivity index (χ2n) is 6.04. The Bertz CT molecular complexity index is 534. The molecule has 4 nitrogen and oxygen atoms in total. The number of piperidine rings is 2. The fourth-order valence-electron chi connectivity index (χ4n) is 3.80. The number of nitriles is 1. The fourth-order valence-corrected chi connectivity index (χ4v) is 3.80. The zero-order valence-electron chi connectivity index (χ0n) is 12.0. The summed E-state index contributed by atoms with van der Waals surface area (Å²) in [6.07, 6.45) is 3.79. The van der Waals surface area contributed by atoms with Crippen molar-refractivity contribution in [1.82, 2.24) is 4.90 Å². The maximum Gasteiger partial charge on any atom is 0.101 e. The molecule has 0 amide bonds. The van der Waals surface area contributed by atoms with Crippen molar-refractivity contribution < 1.29 is 0 Å². The first-order valence-corrected chi connectivity index (χ1v) is 7.44. The van der Waals surface area contributed by atoms with E-state index in [1.807, 2.05) is 12.1 Å². The van der Waals surface area contributed by atoms with Crippen molar-refractivity contribution in [2.24, 2.45) is 5.92 Å². The van der Waals surface area contributed by atoms with E-state index in [4.69, 9.17) is 11.0 Å². The van der Waals surface area contributed by atoms with E-state index >= 15 is 0 Å². The molecule has 106 valence electrons. The molecule has 1 aromatic carbocycles. The van der Waals surface area contributed by atoms with Gasteiger partial charge in [0.1, 0.15) is 6.07 Å². The van der Waals surface area contributed by atoms with Crippen LogP contribution in [0.2, 0.25) is 0 Å². The molecule has 2 saturated heterocycles. The van der Waals surface area contributed by atoms with Crippen LogP contribution in [0.4, 0.5) is 11.4 Å². The largest absolute Gasteiger partial charge is 0.396 e. The van der Waals surface area contributed by atoms with Gasteiger partial charge in [-0.25, -0.2) is 0 Å². The summed E-state index contributed by atoms with van der Waals surface area (Å²) in [6.45, 7) is 3.33. The van der Waals surface area contributed by atoms with Gasteiger partial charge < -0.3 is 15.5 Å². The summed E-state index contributed by atoms with van der Waals surface area (Å²) in [5.74, 6) is 0.729. The van der Waals surface area contributed by atoms with Crippen LogP contribution in [-0.2, 0) is 0 Å². The van der Waals surface area contributed by atoms with Gasteiger partial charge in [0, 0.05) is 19.1 Å². The number of nitrogens with two attached hydrogens (primary N) is 1.